The molecule has 0 bridgehead atoms. The number of unbranched alkanes of at least 4 members (excludes halogenated alkanes) is 6. The van der Waals surface area contributed by atoms with E-state index in [1.54, 1.807) is 10.4 Å². The first-order chi connectivity index (χ1) is 14.1. The Kier molecular flexibility index (Phi) is 10.4. The van der Waals surface area contributed by atoms with Crippen LogP contribution in [-0.4, -0.2) is 22.5 Å². The van der Waals surface area contributed by atoms with Crippen LogP contribution in [0.4, 0.5) is 0 Å². The molecule has 2 aromatic rings. The van der Waals surface area contributed by atoms with E-state index in [2.05, 4.69) is 81.1 Å². The van der Waals surface area contributed by atoms with Crippen LogP contribution in [0.1, 0.15) is 65.2 Å². The Morgan fingerprint density at radius 3 is 1.38 bits per heavy atom. The Bertz CT molecular complexity index is 620. The van der Waals surface area contributed by atoms with Gasteiger partial charge in [0.05, 0.1) is 0 Å². The summed E-state index contributed by atoms with van der Waals surface area (Å²) in [6.45, 7) is 7.23. The first-order valence-corrected chi connectivity index (χ1v) is 17.6. The molecule has 1 nitrogen and oxygen atoms in total. The Morgan fingerprint density at radius 1 is 0.621 bits per heavy atom. The molecule has 0 aromatic heterocycles. The molecule has 0 saturated carbocycles. The number of hydrogen-bond donors (Lipinski definition) is 0. The van der Waals surface area contributed by atoms with Crippen molar-refractivity contribution in [3.63, 3.8) is 0 Å². The van der Waals surface area contributed by atoms with Gasteiger partial charge in [-0.25, -0.2) is 0 Å². The molecule has 0 aliphatic carbocycles. The van der Waals surface area contributed by atoms with Crippen LogP contribution in [0.3, 0.4) is 0 Å². The molecule has 0 saturated heterocycles. The number of rotatable bonds is 14. The van der Waals surface area contributed by atoms with Crippen LogP contribution < -0.4 is 10.4 Å². The van der Waals surface area contributed by atoms with E-state index in [1.165, 1.54) is 63.5 Å². The quantitative estimate of drug-likeness (QED) is 0.241. The molecule has 0 radical (unpaired) electrons. The third-order valence-corrected chi connectivity index (χ3v) is 24.1. The summed E-state index contributed by atoms with van der Waals surface area (Å²) in [7, 11) is -1.91. The minimum absolute atomic E-state index is 1.30. The summed E-state index contributed by atoms with van der Waals surface area (Å²) in [6.07, 6.45) is 10.6. The van der Waals surface area contributed by atoms with Gasteiger partial charge >= 0.3 is 0 Å². The maximum Gasteiger partial charge on any atom is 0.189 e. The average Bonchev–Trinajstić information content (AvgIpc) is 2.79. The monoisotopic (exact) mass is 426 g/mol. The van der Waals surface area contributed by atoms with Crippen molar-refractivity contribution in [3.05, 3.63) is 60.7 Å². The van der Waals surface area contributed by atoms with Crippen LogP contribution in [0.5, 0.6) is 0 Å². The van der Waals surface area contributed by atoms with Gasteiger partial charge in [-0.3, -0.25) is 0 Å². The van der Waals surface area contributed by atoms with Crippen LogP contribution >= 0.6 is 0 Å². The lowest BCUT2D eigenvalue weighted by atomic mass is 10.2. The Balaban J connectivity index is 2.49. The van der Waals surface area contributed by atoms with Crippen molar-refractivity contribution in [2.24, 2.45) is 0 Å². The zero-order valence-corrected chi connectivity index (χ0v) is 21.3. The molecule has 29 heavy (non-hydrogen) atoms. The summed E-state index contributed by atoms with van der Waals surface area (Å²) in [5.41, 5.74) is 0. The molecular formula is C26H42OSi2. The van der Waals surface area contributed by atoms with Gasteiger partial charge in [0.1, 0.15) is 7.59 Å². The fourth-order valence-electron chi connectivity index (χ4n) is 4.94. The van der Waals surface area contributed by atoms with E-state index in [4.69, 9.17) is 4.43 Å². The Labute approximate surface area is 181 Å². The van der Waals surface area contributed by atoms with Gasteiger partial charge in [-0.1, -0.05) is 143 Å². The largest absolute Gasteiger partial charge is 0.422 e. The highest BCUT2D eigenvalue weighted by molar-refractivity contribution is 7.49. The maximum atomic E-state index is 6.77. The second kappa shape index (κ2) is 12.5. The molecule has 0 unspecified atom stereocenters. The van der Waals surface area contributed by atoms with E-state index in [1.807, 2.05) is 7.11 Å². The SMILES string of the molecule is CCCCCC[Si](CCCCCC)(OC)[Si](C)(c1ccccc1)c1ccccc1. The predicted molar refractivity (Wildman–Crippen MR) is 134 cm³/mol. The minimum Gasteiger partial charge on any atom is -0.422 e. The molecule has 0 spiro atoms. The molecule has 0 aliphatic heterocycles. The molecule has 0 atom stereocenters. The lowest BCUT2D eigenvalue weighted by Crippen LogP contribution is -2.75. The summed E-state index contributed by atoms with van der Waals surface area (Å²) < 4.78 is 6.77. The van der Waals surface area contributed by atoms with Crippen LogP contribution in [0.25, 0.3) is 0 Å². The van der Waals surface area contributed by atoms with Crippen molar-refractivity contribution in [1.29, 1.82) is 0 Å². The van der Waals surface area contributed by atoms with Crippen molar-refractivity contribution in [2.45, 2.75) is 83.8 Å². The zero-order chi connectivity index (χ0) is 21.0. The average molecular weight is 427 g/mol. The molecule has 3 heteroatoms. The summed E-state index contributed by atoms with van der Waals surface area (Å²) in [5, 5.41) is 3.12. The van der Waals surface area contributed by atoms with Gasteiger partial charge in [-0.15, -0.1) is 0 Å². The third-order valence-electron chi connectivity index (χ3n) is 6.87. The highest BCUT2D eigenvalue weighted by Gasteiger charge is 2.54. The fourth-order valence-corrected chi connectivity index (χ4v) is 21.2. The van der Waals surface area contributed by atoms with Gasteiger partial charge < -0.3 is 4.43 Å². The molecule has 0 aliphatic rings. The molecule has 160 valence electrons. The Hall–Kier alpha value is -1.17. The lowest BCUT2D eigenvalue weighted by Gasteiger charge is -2.45. The smallest absolute Gasteiger partial charge is 0.189 e. The van der Waals surface area contributed by atoms with Gasteiger partial charge in [-0.2, -0.15) is 0 Å². The molecule has 0 heterocycles. The predicted octanol–water partition coefficient (Wildman–Crippen LogP) is 6.71. The van der Waals surface area contributed by atoms with E-state index in [0.29, 0.717) is 0 Å². The van der Waals surface area contributed by atoms with Crippen LogP contribution in [0, 0.1) is 0 Å². The van der Waals surface area contributed by atoms with E-state index in [0.717, 1.165) is 0 Å². The van der Waals surface area contributed by atoms with Gasteiger partial charge in [0.15, 0.2) is 7.83 Å². The van der Waals surface area contributed by atoms with Crippen molar-refractivity contribution in [1.82, 2.24) is 0 Å². The molecule has 2 rings (SSSR count). The number of hydrogen-bond acceptors (Lipinski definition) is 1. The lowest BCUT2D eigenvalue weighted by molar-refractivity contribution is 0.401. The van der Waals surface area contributed by atoms with Crippen molar-refractivity contribution in [3.8, 4) is 0 Å². The number of benzene rings is 2. The second-order valence-corrected chi connectivity index (χ2v) is 21.2. The molecule has 0 amide bonds. The standard InChI is InChI=1S/C26H42OSi2/c1-5-7-9-17-23-29(27-3,24-18-10-8-6-2)28(4,25-19-13-11-14-20-25)26-21-15-12-16-22-26/h11-16,19-22H,5-10,17-18,23-24H2,1-4H3. The third kappa shape index (κ3) is 5.93. The first-order valence-electron chi connectivity index (χ1n) is 11.8. The van der Waals surface area contributed by atoms with Crippen LogP contribution in [0.15, 0.2) is 60.7 Å². The van der Waals surface area contributed by atoms with E-state index in [-0.39, 0.29) is 0 Å². The maximum absolute atomic E-state index is 6.77. The fraction of sp³-hybridized carbons (Fsp3) is 0.538. The first kappa shape index (κ1) is 24.1. The summed E-state index contributed by atoms with van der Waals surface area (Å²) in [4.78, 5) is 0. The van der Waals surface area contributed by atoms with Gasteiger partial charge in [0, 0.05) is 7.11 Å². The van der Waals surface area contributed by atoms with E-state index in [9.17, 15) is 0 Å². The second-order valence-electron chi connectivity index (χ2n) is 8.68. The van der Waals surface area contributed by atoms with Gasteiger partial charge in [-0.05, 0) is 12.1 Å². The molecular weight excluding hydrogens is 384 g/mol. The summed E-state index contributed by atoms with van der Waals surface area (Å²) >= 11 is 0. The van der Waals surface area contributed by atoms with Crippen LogP contribution in [-0.2, 0) is 4.43 Å². The van der Waals surface area contributed by atoms with Gasteiger partial charge in [0.2, 0.25) is 0 Å². The highest BCUT2D eigenvalue weighted by atomic mass is 29.3. The topological polar surface area (TPSA) is 9.23 Å². The molecule has 0 fully saturated rings. The van der Waals surface area contributed by atoms with Crippen molar-refractivity contribution < 1.29 is 4.43 Å². The molecule has 2 aromatic carbocycles. The zero-order valence-electron chi connectivity index (χ0n) is 19.3. The van der Waals surface area contributed by atoms with E-state index < -0.39 is 15.4 Å². The van der Waals surface area contributed by atoms with Crippen molar-refractivity contribution >= 4 is 25.8 Å². The van der Waals surface area contributed by atoms with Crippen molar-refractivity contribution in [2.75, 3.05) is 7.11 Å². The van der Waals surface area contributed by atoms with Crippen LogP contribution in [0.2, 0.25) is 18.6 Å². The molecule has 0 N–H and O–H groups in total. The van der Waals surface area contributed by atoms with E-state index >= 15 is 0 Å². The van der Waals surface area contributed by atoms with Gasteiger partial charge in [0.25, 0.3) is 0 Å². The summed E-state index contributed by atoms with van der Waals surface area (Å²) in [5.74, 6) is 0. The highest BCUT2D eigenvalue weighted by Crippen LogP contribution is 2.33. The normalized spacial score (nSPS) is 12.3. The minimum atomic E-state index is -1.99. The summed E-state index contributed by atoms with van der Waals surface area (Å²) in [6, 6.07) is 25.4. The Morgan fingerprint density at radius 2 is 1.03 bits per heavy atom.